The number of amides is 1. The standard InChI is InChI=1S/C19H20FN5OS/c1-13(18(26)22-11-10-14-6-3-2-4-7-14)27-19-24-23-17(25(19)21)15-8-5-9-16(20)12-15/h2-9,12-13H,10-11,21H2,1H3,(H,22,26)/t13-/m1/s1. The Bertz CT molecular complexity index is 915. The number of nitrogens with two attached hydrogens (primary N) is 1. The molecule has 2 aromatic carbocycles. The van der Waals surface area contributed by atoms with Crippen LogP contribution < -0.4 is 11.2 Å². The molecule has 0 aliphatic heterocycles. The molecular weight excluding hydrogens is 365 g/mol. The maximum atomic E-state index is 13.4. The quantitative estimate of drug-likeness (QED) is 0.482. The summed E-state index contributed by atoms with van der Waals surface area (Å²) < 4.78 is 14.7. The third kappa shape index (κ3) is 4.85. The van der Waals surface area contributed by atoms with Crippen molar-refractivity contribution in [2.75, 3.05) is 12.4 Å². The summed E-state index contributed by atoms with van der Waals surface area (Å²) in [5, 5.41) is 10.9. The van der Waals surface area contributed by atoms with Crippen LogP contribution in [0.15, 0.2) is 59.8 Å². The van der Waals surface area contributed by atoms with Crippen molar-refractivity contribution in [1.82, 2.24) is 20.2 Å². The Hall–Kier alpha value is -2.87. The molecule has 140 valence electrons. The summed E-state index contributed by atoms with van der Waals surface area (Å²) in [5.41, 5.74) is 1.69. The summed E-state index contributed by atoms with van der Waals surface area (Å²) in [6, 6.07) is 15.9. The number of nitrogen functional groups attached to an aromatic ring is 1. The van der Waals surface area contributed by atoms with Crippen molar-refractivity contribution in [2.45, 2.75) is 23.8 Å². The number of carbonyl (C=O) groups is 1. The molecule has 1 heterocycles. The lowest BCUT2D eigenvalue weighted by Gasteiger charge is -2.11. The Morgan fingerprint density at radius 2 is 2.00 bits per heavy atom. The Morgan fingerprint density at radius 3 is 2.74 bits per heavy atom. The number of carbonyl (C=O) groups excluding carboxylic acids is 1. The van der Waals surface area contributed by atoms with Crippen molar-refractivity contribution < 1.29 is 9.18 Å². The highest BCUT2D eigenvalue weighted by Crippen LogP contribution is 2.25. The molecule has 3 N–H and O–H groups in total. The Morgan fingerprint density at radius 1 is 1.22 bits per heavy atom. The van der Waals surface area contributed by atoms with E-state index in [0.717, 1.165) is 6.42 Å². The summed E-state index contributed by atoms with van der Waals surface area (Å²) in [5.74, 6) is 5.88. The molecule has 0 aliphatic carbocycles. The molecule has 0 unspecified atom stereocenters. The molecule has 3 aromatic rings. The van der Waals surface area contributed by atoms with E-state index in [1.165, 1.54) is 34.1 Å². The summed E-state index contributed by atoms with van der Waals surface area (Å²) in [6.07, 6.45) is 0.765. The number of thioether (sulfide) groups is 1. The molecule has 1 amide bonds. The van der Waals surface area contributed by atoms with E-state index in [1.54, 1.807) is 19.1 Å². The van der Waals surface area contributed by atoms with E-state index in [-0.39, 0.29) is 11.7 Å². The fourth-order valence-corrected chi connectivity index (χ4v) is 3.31. The zero-order chi connectivity index (χ0) is 19.2. The van der Waals surface area contributed by atoms with Crippen molar-refractivity contribution in [1.29, 1.82) is 0 Å². The zero-order valence-electron chi connectivity index (χ0n) is 14.8. The van der Waals surface area contributed by atoms with Crippen LogP contribution in [-0.2, 0) is 11.2 Å². The van der Waals surface area contributed by atoms with E-state index in [1.807, 2.05) is 30.3 Å². The van der Waals surface area contributed by atoms with E-state index in [2.05, 4.69) is 15.5 Å². The van der Waals surface area contributed by atoms with Crippen molar-refractivity contribution in [3.05, 3.63) is 66.0 Å². The van der Waals surface area contributed by atoms with Gasteiger partial charge in [-0.1, -0.05) is 54.2 Å². The molecule has 0 saturated carbocycles. The van der Waals surface area contributed by atoms with Gasteiger partial charge in [-0.25, -0.2) is 9.07 Å². The Balaban J connectivity index is 1.57. The van der Waals surface area contributed by atoms with E-state index in [9.17, 15) is 9.18 Å². The smallest absolute Gasteiger partial charge is 0.233 e. The first-order chi connectivity index (χ1) is 13.0. The molecule has 0 spiro atoms. The fraction of sp³-hybridized carbons (Fsp3) is 0.211. The van der Waals surface area contributed by atoms with Gasteiger partial charge in [0.05, 0.1) is 5.25 Å². The van der Waals surface area contributed by atoms with E-state index in [4.69, 9.17) is 5.84 Å². The molecule has 3 rings (SSSR count). The lowest BCUT2D eigenvalue weighted by molar-refractivity contribution is -0.120. The minimum absolute atomic E-state index is 0.105. The number of hydrogen-bond donors (Lipinski definition) is 2. The van der Waals surface area contributed by atoms with Crippen LogP contribution in [0.1, 0.15) is 12.5 Å². The summed E-state index contributed by atoms with van der Waals surface area (Å²) in [4.78, 5) is 12.3. The second-order valence-corrected chi connectivity index (χ2v) is 7.28. The third-order valence-electron chi connectivity index (χ3n) is 3.95. The van der Waals surface area contributed by atoms with E-state index >= 15 is 0 Å². The molecule has 8 heteroatoms. The number of nitrogens with zero attached hydrogens (tertiary/aromatic N) is 3. The molecule has 1 aromatic heterocycles. The zero-order valence-corrected chi connectivity index (χ0v) is 15.6. The lowest BCUT2D eigenvalue weighted by atomic mass is 10.1. The minimum Gasteiger partial charge on any atom is -0.355 e. The molecular formula is C19H20FN5OS. The van der Waals surface area contributed by atoms with Gasteiger partial charge in [-0.15, -0.1) is 10.2 Å². The van der Waals surface area contributed by atoms with Crippen molar-refractivity contribution in [3.63, 3.8) is 0 Å². The van der Waals surface area contributed by atoms with Gasteiger partial charge in [-0.3, -0.25) is 4.79 Å². The van der Waals surface area contributed by atoms with Gasteiger partial charge in [0.2, 0.25) is 11.1 Å². The van der Waals surface area contributed by atoms with E-state index < -0.39 is 5.25 Å². The first-order valence-corrected chi connectivity index (χ1v) is 9.37. The normalized spacial score (nSPS) is 11.9. The van der Waals surface area contributed by atoms with Crippen LogP contribution in [0.4, 0.5) is 4.39 Å². The summed E-state index contributed by atoms with van der Waals surface area (Å²) >= 11 is 1.20. The highest BCUT2D eigenvalue weighted by atomic mass is 32.2. The number of aromatic nitrogens is 3. The first kappa shape index (κ1) is 18.9. The summed E-state index contributed by atoms with van der Waals surface area (Å²) in [7, 11) is 0. The van der Waals surface area contributed by atoms with Gasteiger partial charge in [0.1, 0.15) is 5.82 Å². The van der Waals surface area contributed by atoms with Crippen LogP contribution in [0, 0.1) is 5.82 Å². The van der Waals surface area contributed by atoms with Gasteiger partial charge >= 0.3 is 0 Å². The van der Waals surface area contributed by atoms with Gasteiger partial charge in [0.25, 0.3) is 0 Å². The fourth-order valence-electron chi connectivity index (χ4n) is 2.51. The van der Waals surface area contributed by atoms with Crippen LogP contribution >= 0.6 is 11.8 Å². The van der Waals surface area contributed by atoms with Crippen LogP contribution in [0.2, 0.25) is 0 Å². The molecule has 27 heavy (non-hydrogen) atoms. The van der Waals surface area contributed by atoms with Gasteiger partial charge in [-0.05, 0) is 31.0 Å². The number of benzene rings is 2. The van der Waals surface area contributed by atoms with Gasteiger partial charge in [0, 0.05) is 12.1 Å². The second kappa shape index (κ2) is 8.68. The van der Waals surface area contributed by atoms with Crippen LogP contribution in [-0.4, -0.2) is 32.6 Å². The largest absolute Gasteiger partial charge is 0.355 e. The molecule has 0 aliphatic rings. The Labute approximate surface area is 161 Å². The topological polar surface area (TPSA) is 85.8 Å². The second-order valence-electron chi connectivity index (χ2n) is 5.97. The van der Waals surface area contributed by atoms with Gasteiger partial charge < -0.3 is 11.2 Å². The highest BCUT2D eigenvalue weighted by Gasteiger charge is 2.19. The number of halogens is 1. The minimum atomic E-state index is -0.396. The highest BCUT2D eigenvalue weighted by molar-refractivity contribution is 8.00. The predicted molar refractivity (Wildman–Crippen MR) is 104 cm³/mol. The van der Waals surface area contributed by atoms with Crippen molar-refractivity contribution in [3.8, 4) is 11.4 Å². The van der Waals surface area contributed by atoms with Crippen molar-refractivity contribution in [2.24, 2.45) is 0 Å². The number of rotatable bonds is 7. The first-order valence-electron chi connectivity index (χ1n) is 8.49. The van der Waals surface area contributed by atoms with Crippen molar-refractivity contribution >= 4 is 17.7 Å². The molecule has 0 saturated heterocycles. The van der Waals surface area contributed by atoms with Crippen LogP contribution in [0.25, 0.3) is 11.4 Å². The lowest BCUT2D eigenvalue weighted by Crippen LogP contribution is -2.32. The molecule has 0 fully saturated rings. The molecule has 0 bridgehead atoms. The monoisotopic (exact) mass is 385 g/mol. The number of nitrogens with one attached hydrogen (secondary N) is 1. The van der Waals surface area contributed by atoms with Gasteiger partial charge in [0.15, 0.2) is 5.82 Å². The third-order valence-corrected chi connectivity index (χ3v) is 5.01. The molecule has 6 nitrogen and oxygen atoms in total. The summed E-state index contributed by atoms with van der Waals surface area (Å²) in [6.45, 7) is 2.33. The number of hydrogen-bond acceptors (Lipinski definition) is 5. The predicted octanol–water partition coefficient (Wildman–Crippen LogP) is 2.64. The molecule has 0 radical (unpaired) electrons. The Kier molecular flexibility index (Phi) is 6.08. The SMILES string of the molecule is C[C@@H](Sc1nnc(-c2cccc(F)c2)n1N)C(=O)NCCc1ccccc1. The maximum Gasteiger partial charge on any atom is 0.233 e. The van der Waals surface area contributed by atoms with Crippen LogP contribution in [0.5, 0.6) is 0 Å². The molecule has 1 atom stereocenters. The van der Waals surface area contributed by atoms with E-state index in [0.29, 0.717) is 23.1 Å². The van der Waals surface area contributed by atoms with Crippen LogP contribution in [0.3, 0.4) is 0 Å². The maximum absolute atomic E-state index is 13.4. The van der Waals surface area contributed by atoms with Gasteiger partial charge in [-0.2, -0.15) is 0 Å². The average Bonchev–Trinajstić information content (AvgIpc) is 3.03. The average molecular weight is 385 g/mol.